The van der Waals surface area contributed by atoms with Crippen LogP contribution in [0.4, 0.5) is 5.13 Å². The number of nitrogens with one attached hydrogen (secondary N) is 1. The topological polar surface area (TPSA) is 72.3 Å². The molecule has 1 aliphatic rings. The highest BCUT2D eigenvalue weighted by molar-refractivity contribution is 7.17. The largest absolute Gasteiger partial charge is 0.382 e. The zero-order valence-electron chi connectivity index (χ0n) is 15.3. The monoisotopic (exact) mass is 377 g/mol. The van der Waals surface area contributed by atoms with Crippen LogP contribution >= 0.6 is 11.3 Å². The summed E-state index contributed by atoms with van der Waals surface area (Å²) >= 11 is 1.54. The summed E-state index contributed by atoms with van der Waals surface area (Å²) in [4.78, 5) is 14.8. The summed E-state index contributed by atoms with van der Waals surface area (Å²) in [5.74, 6) is -0.0991. The van der Waals surface area contributed by atoms with Crippen molar-refractivity contribution in [3.8, 4) is 5.13 Å². The molecule has 1 fully saturated rings. The number of aromatic nitrogens is 3. The Hall–Kier alpha value is -1.93. The molecule has 0 aliphatic carbocycles. The maximum Gasteiger partial charge on any atom is 0.268 e. The molecular weight excluding hydrogens is 350 g/mol. The Morgan fingerprint density at radius 2 is 2.00 bits per heavy atom. The van der Waals surface area contributed by atoms with E-state index in [9.17, 15) is 4.79 Å². The van der Waals surface area contributed by atoms with Gasteiger partial charge in [0.1, 0.15) is 5.69 Å². The first-order chi connectivity index (χ1) is 12.8. The van der Waals surface area contributed by atoms with Gasteiger partial charge in [0.2, 0.25) is 10.3 Å². The summed E-state index contributed by atoms with van der Waals surface area (Å²) in [5, 5.41) is 13.3. The molecule has 1 N–H and O–H groups in total. The number of rotatable bonds is 8. The molecule has 2 aromatic heterocycles. The van der Waals surface area contributed by atoms with Gasteiger partial charge in [-0.2, -0.15) is 0 Å². The van der Waals surface area contributed by atoms with Crippen LogP contribution in [0.1, 0.15) is 49.5 Å². The van der Waals surface area contributed by atoms with Crippen LogP contribution in [-0.4, -0.2) is 53.5 Å². The third kappa shape index (κ3) is 4.82. The third-order valence-electron chi connectivity index (χ3n) is 4.42. The van der Waals surface area contributed by atoms with Crippen LogP contribution in [-0.2, 0) is 4.74 Å². The predicted octanol–water partition coefficient (Wildman–Crippen LogP) is 2.87. The second-order valence-electron chi connectivity index (χ2n) is 6.34. The van der Waals surface area contributed by atoms with Crippen molar-refractivity contribution in [1.29, 1.82) is 0 Å². The standard InChI is InChI=1S/C18H27N5O2S/c1-2-25-14-8-10-19-16(24)15-9-7-13-23(15)18-21-20-17(26-18)22-11-5-3-4-6-12-22/h7,9,13H,2-6,8,10-12,14H2,1H3,(H,19,24). The first-order valence-corrected chi connectivity index (χ1v) is 10.2. The van der Waals surface area contributed by atoms with Gasteiger partial charge >= 0.3 is 0 Å². The Morgan fingerprint density at radius 3 is 2.77 bits per heavy atom. The van der Waals surface area contributed by atoms with Gasteiger partial charge in [-0.3, -0.25) is 9.36 Å². The summed E-state index contributed by atoms with van der Waals surface area (Å²) in [6.45, 7) is 5.99. The van der Waals surface area contributed by atoms with Gasteiger partial charge in [-0.05, 0) is 38.3 Å². The first kappa shape index (κ1) is 18.8. The van der Waals surface area contributed by atoms with Crippen LogP contribution in [0, 0.1) is 0 Å². The number of ether oxygens (including phenoxy) is 1. The molecule has 7 nitrogen and oxygen atoms in total. The van der Waals surface area contributed by atoms with E-state index in [1.807, 2.05) is 29.8 Å². The average molecular weight is 378 g/mol. The van der Waals surface area contributed by atoms with Gasteiger partial charge in [0.25, 0.3) is 5.91 Å². The molecule has 0 aromatic carbocycles. The van der Waals surface area contributed by atoms with Gasteiger partial charge in [0.15, 0.2) is 0 Å². The zero-order chi connectivity index (χ0) is 18.2. The summed E-state index contributed by atoms with van der Waals surface area (Å²) in [6, 6.07) is 3.67. The number of anilines is 1. The normalized spacial score (nSPS) is 15.0. The van der Waals surface area contributed by atoms with Crippen LogP contribution in [0.15, 0.2) is 18.3 Å². The van der Waals surface area contributed by atoms with E-state index in [2.05, 4.69) is 20.4 Å². The molecule has 8 heteroatoms. The minimum atomic E-state index is -0.0991. The van der Waals surface area contributed by atoms with Crippen molar-refractivity contribution in [2.24, 2.45) is 0 Å². The van der Waals surface area contributed by atoms with Crippen molar-refractivity contribution < 1.29 is 9.53 Å². The van der Waals surface area contributed by atoms with Crippen molar-refractivity contribution in [1.82, 2.24) is 20.1 Å². The second-order valence-corrected chi connectivity index (χ2v) is 7.27. The molecule has 0 saturated carbocycles. The predicted molar refractivity (Wildman–Crippen MR) is 103 cm³/mol. The molecule has 1 aliphatic heterocycles. The molecular formula is C18H27N5O2S. The molecule has 0 radical (unpaired) electrons. The first-order valence-electron chi connectivity index (χ1n) is 9.41. The lowest BCUT2D eigenvalue weighted by atomic mass is 10.2. The van der Waals surface area contributed by atoms with Gasteiger partial charge in [0, 0.05) is 39.0 Å². The fourth-order valence-corrected chi connectivity index (χ4v) is 3.93. The molecule has 2 aromatic rings. The molecule has 0 bridgehead atoms. The lowest BCUT2D eigenvalue weighted by molar-refractivity contribution is 0.0937. The van der Waals surface area contributed by atoms with Crippen molar-refractivity contribution >= 4 is 22.4 Å². The van der Waals surface area contributed by atoms with Crippen LogP contribution in [0.5, 0.6) is 0 Å². The number of nitrogens with zero attached hydrogens (tertiary/aromatic N) is 4. The van der Waals surface area contributed by atoms with E-state index < -0.39 is 0 Å². The van der Waals surface area contributed by atoms with Crippen molar-refractivity contribution in [2.45, 2.75) is 39.0 Å². The number of hydrogen-bond donors (Lipinski definition) is 1. The van der Waals surface area contributed by atoms with E-state index in [-0.39, 0.29) is 5.91 Å². The number of hydrogen-bond acceptors (Lipinski definition) is 6. The minimum Gasteiger partial charge on any atom is -0.382 e. The average Bonchev–Trinajstić information content (AvgIpc) is 3.25. The van der Waals surface area contributed by atoms with E-state index in [1.165, 1.54) is 37.0 Å². The molecule has 3 rings (SSSR count). The summed E-state index contributed by atoms with van der Waals surface area (Å²) in [6.07, 6.45) is 7.64. The fraction of sp³-hybridized carbons (Fsp3) is 0.611. The Bertz CT molecular complexity index is 691. The van der Waals surface area contributed by atoms with Gasteiger partial charge < -0.3 is 15.0 Å². The molecule has 142 valence electrons. The molecule has 26 heavy (non-hydrogen) atoms. The maximum absolute atomic E-state index is 12.5. The molecule has 0 unspecified atom stereocenters. The van der Waals surface area contributed by atoms with Crippen LogP contribution in [0.25, 0.3) is 5.13 Å². The molecule has 3 heterocycles. The van der Waals surface area contributed by atoms with E-state index in [0.29, 0.717) is 25.5 Å². The molecule has 1 saturated heterocycles. The highest BCUT2D eigenvalue weighted by atomic mass is 32.1. The summed E-state index contributed by atoms with van der Waals surface area (Å²) in [7, 11) is 0. The Kier molecular flexibility index (Phi) is 7.02. The summed E-state index contributed by atoms with van der Waals surface area (Å²) < 4.78 is 7.11. The van der Waals surface area contributed by atoms with E-state index >= 15 is 0 Å². The molecule has 1 amide bonds. The number of carbonyl (C=O) groups is 1. The summed E-state index contributed by atoms with van der Waals surface area (Å²) in [5.41, 5.74) is 0.583. The van der Waals surface area contributed by atoms with Gasteiger partial charge in [0.05, 0.1) is 0 Å². The minimum absolute atomic E-state index is 0.0991. The van der Waals surface area contributed by atoms with E-state index in [4.69, 9.17) is 4.74 Å². The SMILES string of the molecule is CCOCCCNC(=O)c1cccn1-c1nnc(N2CCCCCC2)s1. The quantitative estimate of drug-likeness (QED) is 0.716. The Labute approximate surface area is 158 Å². The lowest BCUT2D eigenvalue weighted by Crippen LogP contribution is -2.27. The second kappa shape index (κ2) is 9.68. The van der Waals surface area contributed by atoms with Crippen LogP contribution in [0.3, 0.4) is 0 Å². The maximum atomic E-state index is 12.5. The highest BCUT2D eigenvalue weighted by Gasteiger charge is 2.18. The third-order valence-corrected chi connectivity index (χ3v) is 5.41. The van der Waals surface area contributed by atoms with Crippen molar-refractivity contribution in [2.75, 3.05) is 37.7 Å². The van der Waals surface area contributed by atoms with Crippen LogP contribution < -0.4 is 10.2 Å². The van der Waals surface area contributed by atoms with Gasteiger partial charge in [-0.25, -0.2) is 0 Å². The lowest BCUT2D eigenvalue weighted by Gasteiger charge is -2.17. The number of amides is 1. The van der Waals surface area contributed by atoms with E-state index in [1.54, 1.807) is 0 Å². The van der Waals surface area contributed by atoms with Crippen molar-refractivity contribution in [3.63, 3.8) is 0 Å². The van der Waals surface area contributed by atoms with E-state index in [0.717, 1.165) is 29.8 Å². The molecule has 0 atom stereocenters. The molecule has 0 spiro atoms. The Balaban J connectivity index is 1.63. The van der Waals surface area contributed by atoms with Gasteiger partial charge in [-0.15, -0.1) is 10.2 Å². The number of carbonyl (C=O) groups excluding carboxylic acids is 1. The fourth-order valence-electron chi connectivity index (χ4n) is 3.04. The smallest absolute Gasteiger partial charge is 0.268 e. The van der Waals surface area contributed by atoms with Gasteiger partial charge in [-0.1, -0.05) is 24.2 Å². The highest BCUT2D eigenvalue weighted by Crippen LogP contribution is 2.26. The zero-order valence-corrected chi connectivity index (χ0v) is 16.1. The van der Waals surface area contributed by atoms with Crippen LogP contribution in [0.2, 0.25) is 0 Å². The van der Waals surface area contributed by atoms with Crippen molar-refractivity contribution in [3.05, 3.63) is 24.0 Å². The Morgan fingerprint density at radius 1 is 1.23 bits per heavy atom.